The predicted molar refractivity (Wildman–Crippen MR) is 25.5 cm³/mol. The van der Waals surface area contributed by atoms with Gasteiger partial charge in [0.25, 0.3) is 0 Å². The first-order chi connectivity index (χ1) is 2.73. The molecule has 0 radical (unpaired) electrons. The molecule has 1 nitrogen and oxygen atoms in total. The monoisotopic (exact) mass is 142 g/mol. The van der Waals surface area contributed by atoms with Crippen LogP contribution >= 0.6 is 9.30 Å². The standard InChI is InChI=1S/C3H9N.ClH.Ti/c1-4(2)3;;/h1-3H3;1H;/q;;+1/p-1. The minimum atomic E-state index is 1.47. The second-order valence-corrected chi connectivity index (χ2v) is 1.34. The van der Waals surface area contributed by atoms with Crippen LogP contribution in [0.5, 0.6) is 0 Å². The first kappa shape index (κ1) is 10.1. The number of halogens is 1. The third-order valence-electron chi connectivity index (χ3n) is 0. The Kier molecular flexibility index (Phi) is 15.7. The van der Waals surface area contributed by atoms with E-state index in [1.165, 1.54) is 19.4 Å². The van der Waals surface area contributed by atoms with Gasteiger partial charge in [-0.15, -0.1) is 0 Å². The van der Waals surface area contributed by atoms with Gasteiger partial charge >= 0.3 is 28.7 Å². The Morgan fingerprint density at radius 1 is 1.17 bits per heavy atom. The Morgan fingerprint density at radius 2 is 1.17 bits per heavy atom. The fraction of sp³-hybridized carbons (Fsp3) is 1.00. The van der Waals surface area contributed by atoms with Crippen LogP contribution in [-0.4, -0.2) is 26.0 Å². The van der Waals surface area contributed by atoms with Gasteiger partial charge in [-0.05, 0) is 21.1 Å². The Labute approximate surface area is 54.9 Å². The first-order valence-corrected chi connectivity index (χ1v) is 3.68. The molecule has 37 valence electrons. The molecule has 0 amide bonds. The van der Waals surface area contributed by atoms with Gasteiger partial charge in [0, 0.05) is 0 Å². The van der Waals surface area contributed by atoms with Crippen molar-refractivity contribution in [1.82, 2.24) is 4.90 Å². The van der Waals surface area contributed by atoms with Crippen molar-refractivity contribution in [3.63, 3.8) is 0 Å². The zero-order valence-corrected chi connectivity index (χ0v) is 6.64. The van der Waals surface area contributed by atoms with Gasteiger partial charge in [-0.2, -0.15) is 0 Å². The number of hydrogen-bond donors (Lipinski definition) is 0. The molecule has 0 saturated carbocycles. The molecule has 0 aliphatic carbocycles. The summed E-state index contributed by atoms with van der Waals surface area (Å²) in [6.07, 6.45) is 0. The van der Waals surface area contributed by atoms with Crippen molar-refractivity contribution in [2.24, 2.45) is 0 Å². The fourth-order valence-electron chi connectivity index (χ4n) is 0. The van der Waals surface area contributed by atoms with E-state index in [9.17, 15) is 0 Å². The molecule has 0 aliphatic rings. The molecular formula is C3H9ClNTi. The van der Waals surface area contributed by atoms with E-state index in [1.54, 1.807) is 0 Å². The molecule has 0 fully saturated rings. The minimum absolute atomic E-state index is 1.47. The van der Waals surface area contributed by atoms with Crippen LogP contribution in [0.15, 0.2) is 0 Å². The molecule has 0 bridgehead atoms. The fourth-order valence-corrected chi connectivity index (χ4v) is 0. The second kappa shape index (κ2) is 9.35. The molecule has 0 N–H and O–H groups in total. The molecule has 0 heterocycles. The normalized spacial score (nSPS) is 6.67. The Bertz CT molecular complexity index is 15.5. The molecule has 0 spiro atoms. The summed E-state index contributed by atoms with van der Waals surface area (Å²) in [7, 11) is 10.6. The average molecular weight is 142 g/mol. The van der Waals surface area contributed by atoms with Crippen molar-refractivity contribution in [3.05, 3.63) is 0 Å². The van der Waals surface area contributed by atoms with Crippen LogP contribution in [0.2, 0.25) is 0 Å². The van der Waals surface area contributed by atoms with Gasteiger partial charge in [0.1, 0.15) is 0 Å². The molecule has 3 heteroatoms. The van der Waals surface area contributed by atoms with Gasteiger partial charge in [0.05, 0.1) is 0 Å². The van der Waals surface area contributed by atoms with Gasteiger partial charge in [-0.25, -0.2) is 0 Å². The SMILES string of the molecule is CN(C)C.[Cl][Ti]. The first-order valence-electron chi connectivity index (χ1n) is 1.53. The van der Waals surface area contributed by atoms with Crippen LogP contribution in [0, 0.1) is 0 Å². The quantitative estimate of drug-likeness (QED) is 0.454. The van der Waals surface area contributed by atoms with E-state index in [1.807, 2.05) is 26.0 Å². The van der Waals surface area contributed by atoms with Crippen LogP contribution in [0.4, 0.5) is 0 Å². The topological polar surface area (TPSA) is 3.24 Å². The summed E-state index contributed by atoms with van der Waals surface area (Å²) >= 11 is 1.47. The van der Waals surface area contributed by atoms with E-state index in [0.29, 0.717) is 0 Å². The van der Waals surface area contributed by atoms with E-state index in [4.69, 9.17) is 0 Å². The molecule has 0 aromatic rings. The van der Waals surface area contributed by atoms with E-state index < -0.39 is 0 Å². The van der Waals surface area contributed by atoms with Gasteiger partial charge in [-0.1, -0.05) is 0 Å². The average Bonchev–Trinajstić information content (AvgIpc) is 1.41. The number of hydrogen-bond acceptors (Lipinski definition) is 1. The Balaban J connectivity index is 0. The van der Waals surface area contributed by atoms with Gasteiger partial charge in [-0.3, -0.25) is 0 Å². The van der Waals surface area contributed by atoms with Crippen molar-refractivity contribution >= 4 is 9.30 Å². The maximum absolute atomic E-state index is 4.64. The summed E-state index contributed by atoms with van der Waals surface area (Å²) in [5.41, 5.74) is 0. The summed E-state index contributed by atoms with van der Waals surface area (Å²) in [6, 6.07) is 0. The number of nitrogens with zero attached hydrogens (tertiary/aromatic N) is 1. The van der Waals surface area contributed by atoms with Crippen LogP contribution in [0.1, 0.15) is 0 Å². The van der Waals surface area contributed by atoms with Crippen molar-refractivity contribution in [2.75, 3.05) is 21.1 Å². The number of rotatable bonds is 0. The van der Waals surface area contributed by atoms with Gasteiger partial charge in [0.2, 0.25) is 0 Å². The molecule has 0 aliphatic heterocycles. The van der Waals surface area contributed by atoms with Crippen molar-refractivity contribution in [3.8, 4) is 0 Å². The van der Waals surface area contributed by atoms with Crippen LogP contribution < -0.4 is 0 Å². The summed E-state index contributed by atoms with van der Waals surface area (Å²) in [5, 5.41) is 0. The van der Waals surface area contributed by atoms with E-state index in [2.05, 4.69) is 9.30 Å². The molecule has 0 aromatic carbocycles. The molecular weight excluding hydrogens is 133 g/mol. The second-order valence-electron chi connectivity index (χ2n) is 1.34. The zero-order valence-electron chi connectivity index (χ0n) is 4.33. The molecule has 6 heavy (non-hydrogen) atoms. The van der Waals surface area contributed by atoms with Crippen LogP contribution in [0.3, 0.4) is 0 Å². The summed E-state index contributed by atoms with van der Waals surface area (Å²) < 4.78 is 0. The third-order valence-corrected chi connectivity index (χ3v) is 0. The van der Waals surface area contributed by atoms with Crippen molar-refractivity contribution < 1.29 is 19.4 Å². The Hall–Kier alpha value is 0.964. The van der Waals surface area contributed by atoms with Crippen LogP contribution in [0.25, 0.3) is 0 Å². The molecule has 0 atom stereocenters. The summed E-state index contributed by atoms with van der Waals surface area (Å²) in [6.45, 7) is 0. The van der Waals surface area contributed by atoms with E-state index in [-0.39, 0.29) is 0 Å². The molecule has 0 rings (SSSR count). The van der Waals surface area contributed by atoms with Crippen LogP contribution in [-0.2, 0) is 19.4 Å². The summed E-state index contributed by atoms with van der Waals surface area (Å²) in [4.78, 5) is 2.00. The molecule has 0 saturated heterocycles. The van der Waals surface area contributed by atoms with E-state index in [0.717, 1.165) is 0 Å². The van der Waals surface area contributed by atoms with E-state index >= 15 is 0 Å². The predicted octanol–water partition coefficient (Wildman–Crippen LogP) is 0.865. The Morgan fingerprint density at radius 3 is 1.17 bits per heavy atom. The van der Waals surface area contributed by atoms with Gasteiger partial charge in [0.15, 0.2) is 0 Å². The van der Waals surface area contributed by atoms with Crippen molar-refractivity contribution in [2.45, 2.75) is 0 Å². The van der Waals surface area contributed by atoms with Crippen molar-refractivity contribution in [1.29, 1.82) is 0 Å². The molecule has 0 unspecified atom stereocenters. The maximum atomic E-state index is 4.64. The summed E-state index contributed by atoms with van der Waals surface area (Å²) in [5.74, 6) is 0. The van der Waals surface area contributed by atoms with Gasteiger partial charge < -0.3 is 4.90 Å². The third kappa shape index (κ3) is 83.9. The molecule has 0 aromatic heterocycles. The zero-order chi connectivity index (χ0) is 5.58.